The Labute approximate surface area is 446 Å². The van der Waals surface area contributed by atoms with Crippen molar-refractivity contribution in [2.75, 3.05) is 41.0 Å². The number of hydrogen-bond donors (Lipinski definition) is 4. The van der Waals surface area contributed by atoms with E-state index in [0.29, 0.717) is 76.6 Å². The van der Waals surface area contributed by atoms with Gasteiger partial charge < -0.3 is 43.5 Å². The molecule has 0 radical (unpaired) electrons. The largest absolute Gasteiger partial charge is 0.460 e. The molecule has 15 unspecified atom stereocenters. The summed E-state index contributed by atoms with van der Waals surface area (Å²) in [4.78, 5) is 72.9. The highest BCUT2D eigenvalue weighted by Gasteiger charge is 2.53. The smallest absolute Gasteiger partial charge is 0.329 e. The number of cyclic esters (lactones) is 1. The topological polar surface area (TPSA) is 224 Å². The molecule has 0 aromatic heterocycles. The first kappa shape index (κ1) is 61.7. The summed E-state index contributed by atoms with van der Waals surface area (Å²) < 4.78 is 36.8. The van der Waals surface area contributed by atoms with Crippen LogP contribution in [0.5, 0.6) is 0 Å². The molecule has 0 aromatic rings. The van der Waals surface area contributed by atoms with Crippen LogP contribution in [0.4, 0.5) is 0 Å². The van der Waals surface area contributed by atoms with Crippen molar-refractivity contribution in [2.24, 2.45) is 40.6 Å². The van der Waals surface area contributed by atoms with Gasteiger partial charge in [-0.25, -0.2) is 10.3 Å². The zero-order valence-corrected chi connectivity index (χ0v) is 46.8. The molecule has 1 saturated carbocycles. The predicted molar refractivity (Wildman–Crippen MR) is 284 cm³/mol. The van der Waals surface area contributed by atoms with Crippen molar-refractivity contribution in [1.29, 1.82) is 0 Å². The van der Waals surface area contributed by atoms with Crippen LogP contribution in [0.25, 0.3) is 0 Å². The predicted octanol–water partition coefficient (Wildman–Crippen LogP) is 6.64. The number of amides is 1. The summed E-state index contributed by atoms with van der Waals surface area (Å²) in [5, 5.41) is 29.6. The van der Waals surface area contributed by atoms with Crippen LogP contribution in [0.3, 0.4) is 0 Å². The van der Waals surface area contributed by atoms with Crippen molar-refractivity contribution in [2.45, 2.75) is 200 Å². The lowest BCUT2D eigenvalue weighted by Gasteiger charge is -2.43. The molecule has 18 heteroatoms. The number of amidine groups is 1. The van der Waals surface area contributed by atoms with E-state index in [9.17, 15) is 34.2 Å². The average molecular weight is 1050 g/mol. The van der Waals surface area contributed by atoms with Gasteiger partial charge in [-0.1, -0.05) is 78.0 Å². The van der Waals surface area contributed by atoms with Gasteiger partial charge in [0.1, 0.15) is 36.0 Å². The number of ether oxygens (including phenoxy) is 6. The molecule has 2 bridgehead atoms. The number of nitrogens with zero attached hydrogens (tertiary/aromatic N) is 3. The second kappa shape index (κ2) is 29.6. The zero-order chi connectivity index (χ0) is 55.0. The number of Topliss-reactive ketones (excluding diaryl/α,β-unsaturated/α-hetero) is 3. The van der Waals surface area contributed by atoms with E-state index in [-0.39, 0.29) is 60.9 Å². The van der Waals surface area contributed by atoms with Gasteiger partial charge in [0.2, 0.25) is 5.79 Å². The summed E-state index contributed by atoms with van der Waals surface area (Å²) in [6, 6.07) is -1.15. The van der Waals surface area contributed by atoms with Gasteiger partial charge in [0.05, 0.1) is 31.0 Å². The number of rotatable bonds is 12. The van der Waals surface area contributed by atoms with Gasteiger partial charge >= 0.3 is 5.97 Å². The summed E-state index contributed by atoms with van der Waals surface area (Å²) in [5.41, 5.74) is 7.24. The van der Waals surface area contributed by atoms with E-state index >= 15 is 0 Å². The minimum atomic E-state index is -2.44. The molecular formula is C57H91N5O13. The molecule has 3 fully saturated rings. The van der Waals surface area contributed by atoms with E-state index in [4.69, 9.17) is 28.4 Å². The summed E-state index contributed by atoms with van der Waals surface area (Å²) in [6.45, 7) is 15.9. The fourth-order valence-electron chi connectivity index (χ4n) is 11.3. The van der Waals surface area contributed by atoms with Crippen molar-refractivity contribution in [3.8, 4) is 0 Å². The highest BCUT2D eigenvalue weighted by Crippen LogP contribution is 2.38. The van der Waals surface area contributed by atoms with E-state index in [1.54, 1.807) is 39.1 Å². The maximum atomic E-state index is 14.6. The Morgan fingerprint density at radius 1 is 0.893 bits per heavy atom. The highest BCUT2D eigenvalue weighted by atomic mass is 16.6. The van der Waals surface area contributed by atoms with Crippen molar-refractivity contribution < 1.29 is 62.6 Å². The maximum absolute atomic E-state index is 14.6. The maximum Gasteiger partial charge on any atom is 0.329 e. The van der Waals surface area contributed by atoms with Gasteiger partial charge in [0.25, 0.3) is 11.7 Å². The van der Waals surface area contributed by atoms with Crippen LogP contribution in [0.2, 0.25) is 0 Å². The Morgan fingerprint density at radius 3 is 2.35 bits per heavy atom. The average Bonchev–Trinajstić information content (AvgIpc) is 3.81. The minimum Gasteiger partial charge on any atom is -0.460 e. The van der Waals surface area contributed by atoms with E-state index < -0.39 is 77.8 Å². The molecule has 0 spiro atoms. The number of allylic oxidation sites excluding steroid dienone is 6. The minimum absolute atomic E-state index is 0.0141. The molecule has 2 saturated heterocycles. The highest BCUT2D eigenvalue weighted by molar-refractivity contribution is 6.39. The zero-order valence-electron chi connectivity index (χ0n) is 46.8. The number of carbonyl (C=O) groups is 5. The fourth-order valence-corrected chi connectivity index (χ4v) is 11.3. The van der Waals surface area contributed by atoms with Gasteiger partial charge in [-0.15, -0.1) is 10.2 Å². The summed E-state index contributed by atoms with van der Waals surface area (Å²) in [7, 11) is 4.88. The van der Waals surface area contributed by atoms with E-state index in [1.165, 1.54) is 12.0 Å². The van der Waals surface area contributed by atoms with Crippen LogP contribution in [0.15, 0.2) is 52.7 Å². The van der Waals surface area contributed by atoms with E-state index in [2.05, 4.69) is 16.1 Å². The summed E-state index contributed by atoms with van der Waals surface area (Å²) >= 11 is 0. The second-order valence-electron chi connectivity index (χ2n) is 22.1. The normalized spacial score (nSPS) is 36.5. The standard InChI is InChI=1S/C57H91N5O13/c1-12-27-72-47-33-43-23-21-41(8)57(69,75-43)54(66)55(67)62-26-17-16-20-44(62)56(68)74-48(38(5)31-42-22-24-46(49(32-42)70-10)73-28-25-50-58-60-61(9)59-50)34-45(63)37(4)30-40(7)52(65)53(71-11)51(64)39(6)29-35(2)18-14-13-15-19-36(47)3/h13-15,18-19,30,35,37-39,41-44,46-49,52-53,60,65,69H,12,16-17,20-29,31-34H2,1-11H3,(H,58,59)/b15-13?,18-14+,36-19?,40-30+. The van der Waals surface area contributed by atoms with Crippen molar-refractivity contribution in [3.63, 3.8) is 0 Å². The lowest BCUT2D eigenvalue weighted by atomic mass is 9.78. The van der Waals surface area contributed by atoms with Crippen molar-refractivity contribution in [3.05, 3.63) is 47.6 Å². The van der Waals surface area contributed by atoms with E-state index in [0.717, 1.165) is 30.7 Å². The molecule has 1 amide bonds. The molecule has 75 heavy (non-hydrogen) atoms. The van der Waals surface area contributed by atoms with Gasteiger partial charge in [-0.2, -0.15) is 0 Å². The van der Waals surface area contributed by atoms with Crippen LogP contribution in [-0.4, -0.2) is 151 Å². The number of hydrazone groups is 1. The van der Waals surface area contributed by atoms with Crippen molar-refractivity contribution >= 4 is 35.1 Å². The number of esters is 1. The first-order chi connectivity index (χ1) is 35.7. The Morgan fingerprint density at radius 2 is 1.65 bits per heavy atom. The number of aliphatic hydroxyl groups is 2. The number of fused-ring (bicyclic) bond motifs is 3. The fraction of sp³-hybridized carbons (Fsp3) is 0.754. The number of carbonyl (C=O) groups excluding carboxylic acids is 5. The first-order valence-electron chi connectivity index (χ1n) is 27.7. The Balaban J connectivity index is 1.43. The third kappa shape index (κ3) is 17.2. The molecule has 5 aliphatic rings. The Hall–Kier alpha value is -4.14. The van der Waals surface area contributed by atoms with E-state index in [1.807, 2.05) is 72.0 Å². The van der Waals surface area contributed by atoms with Gasteiger partial charge in [0, 0.05) is 71.4 Å². The lowest BCUT2D eigenvalue weighted by molar-refractivity contribution is -0.266. The van der Waals surface area contributed by atoms with Crippen LogP contribution in [-0.2, 0) is 52.4 Å². The molecule has 18 nitrogen and oxygen atoms in total. The lowest BCUT2D eigenvalue weighted by Crippen LogP contribution is -2.61. The van der Waals surface area contributed by atoms with Crippen LogP contribution < -0.4 is 11.0 Å². The molecule has 1 aliphatic carbocycles. The SMILES string of the molecule is CCCOC1CC2CCC(C)C(O)(O2)C(=O)C(=O)N2CCCCC2C(=O)OC(C(C)CC2CCC(OCCC3=NNN(C)N3)C(OC)C2)CC(=O)C(C)/C=C(\C)C(O)C(OC)C(=O)C(C)CC(C)/C=C/C=CC=C1C. The Bertz CT molecular complexity index is 2080. The molecule has 422 valence electrons. The molecule has 15 atom stereocenters. The molecule has 0 aromatic carbocycles. The van der Waals surface area contributed by atoms with Crippen LogP contribution in [0.1, 0.15) is 145 Å². The summed E-state index contributed by atoms with van der Waals surface area (Å²) in [5.74, 6) is -7.14. The Kier molecular flexibility index (Phi) is 24.3. The first-order valence-corrected chi connectivity index (χ1v) is 27.7. The molecule has 5 rings (SSSR count). The number of hydrazine groups is 2. The summed E-state index contributed by atoms with van der Waals surface area (Å²) in [6.07, 6.45) is 13.7. The molecular weight excluding hydrogens is 963 g/mol. The number of ketones is 3. The van der Waals surface area contributed by atoms with Gasteiger partial charge in [-0.3, -0.25) is 24.6 Å². The van der Waals surface area contributed by atoms with Crippen LogP contribution >= 0.6 is 0 Å². The van der Waals surface area contributed by atoms with Gasteiger partial charge in [-0.05, 0) is 113 Å². The third-order valence-corrected chi connectivity index (χ3v) is 16.0. The number of hydrogen-bond acceptors (Lipinski definition) is 17. The molecule has 4 aliphatic heterocycles. The molecule has 4 heterocycles. The van der Waals surface area contributed by atoms with Crippen molar-refractivity contribution in [1.82, 2.24) is 21.0 Å². The van der Waals surface area contributed by atoms with Crippen LogP contribution in [0, 0.1) is 35.5 Å². The number of nitrogens with one attached hydrogen (secondary N) is 2. The molecule has 4 N–H and O–H groups in total. The monoisotopic (exact) mass is 1050 g/mol. The quantitative estimate of drug-likeness (QED) is 0.0913. The van der Waals surface area contributed by atoms with Gasteiger partial charge in [0.15, 0.2) is 5.78 Å². The number of piperidine rings is 1. The number of methoxy groups -OCH3 is 2. The second-order valence-corrected chi connectivity index (χ2v) is 22.1. The number of aliphatic hydroxyl groups excluding tert-OH is 1. The third-order valence-electron chi connectivity index (χ3n) is 16.0.